The Morgan fingerprint density at radius 3 is 2.21 bits per heavy atom. The molecule has 0 aliphatic carbocycles. The summed E-state index contributed by atoms with van der Waals surface area (Å²) in [5.74, 6) is 0.488. The summed E-state index contributed by atoms with van der Waals surface area (Å²) in [4.78, 5) is 8.71. The van der Waals surface area contributed by atoms with Crippen LogP contribution in [0.25, 0.3) is 22.3 Å². The number of benzene rings is 2. The lowest BCUT2D eigenvalue weighted by molar-refractivity contribution is 0.424. The first-order valence-corrected chi connectivity index (χ1v) is 5.94. The van der Waals surface area contributed by atoms with Crippen LogP contribution in [0.1, 0.15) is 0 Å². The van der Waals surface area contributed by atoms with E-state index < -0.39 is 7.12 Å². The first-order valence-electron chi connectivity index (χ1n) is 5.94. The van der Waals surface area contributed by atoms with E-state index >= 15 is 0 Å². The molecule has 2 aromatic carbocycles. The maximum atomic E-state index is 9.46. The summed E-state index contributed by atoms with van der Waals surface area (Å²) in [6.07, 6.45) is 0. The Morgan fingerprint density at radius 2 is 1.47 bits per heavy atom. The van der Waals surface area contributed by atoms with Gasteiger partial charge in [0, 0.05) is 10.9 Å². The number of aromatic nitrogens is 2. The van der Waals surface area contributed by atoms with Gasteiger partial charge < -0.3 is 10.0 Å². The molecule has 0 unspecified atom stereocenters. The molecular weight excluding hydrogens is 239 g/mol. The fraction of sp³-hybridized carbons (Fsp3) is 0. The fourth-order valence-electron chi connectivity index (χ4n) is 2.01. The van der Waals surface area contributed by atoms with Gasteiger partial charge in [0.1, 0.15) is 0 Å². The van der Waals surface area contributed by atoms with Crippen LogP contribution in [0.5, 0.6) is 0 Å². The van der Waals surface area contributed by atoms with Crippen molar-refractivity contribution in [2.24, 2.45) is 0 Å². The molecule has 0 atom stereocenters. The molecule has 0 aliphatic rings. The van der Waals surface area contributed by atoms with Crippen LogP contribution in [0.3, 0.4) is 0 Å². The lowest BCUT2D eigenvalue weighted by Crippen LogP contribution is -2.34. The second-order valence-corrected chi connectivity index (χ2v) is 4.19. The average Bonchev–Trinajstić information content (AvgIpc) is 2.47. The van der Waals surface area contributed by atoms with Crippen LogP contribution in [-0.2, 0) is 0 Å². The van der Waals surface area contributed by atoms with Crippen molar-refractivity contribution in [1.29, 1.82) is 0 Å². The topological polar surface area (TPSA) is 66.2 Å². The Hall–Kier alpha value is -2.24. The molecule has 0 bridgehead atoms. The predicted molar refractivity (Wildman–Crippen MR) is 74.8 cm³/mol. The molecule has 0 amide bonds. The highest BCUT2D eigenvalue weighted by molar-refractivity contribution is 6.60. The Balaban J connectivity index is 2.28. The van der Waals surface area contributed by atoms with Crippen LogP contribution in [0.4, 0.5) is 0 Å². The van der Waals surface area contributed by atoms with Gasteiger partial charge in [-0.25, -0.2) is 9.97 Å². The third-order valence-corrected chi connectivity index (χ3v) is 2.91. The molecule has 92 valence electrons. The standard InChI is InChI=1S/C14H11BN2O2/c18-15(19)13-11-8-4-5-9-12(11)16-14(17-13)10-6-2-1-3-7-10/h1-9,18-19H. The van der Waals surface area contributed by atoms with Crippen LogP contribution in [0.2, 0.25) is 0 Å². The summed E-state index contributed by atoms with van der Waals surface area (Å²) in [5.41, 5.74) is 1.76. The highest BCUT2D eigenvalue weighted by atomic mass is 16.4. The van der Waals surface area contributed by atoms with E-state index in [1.807, 2.05) is 48.5 Å². The largest absolute Gasteiger partial charge is 0.508 e. The number of para-hydroxylation sites is 1. The van der Waals surface area contributed by atoms with E-state index in [1.54, 1.807) is 6.07 Å². The minimum Gasteiger partial charge on any atom is -0.422 e. The first-order chi connectivity index (χ1) is 9.25. The van der Waals surface area contributed by atoms with Gasteiger partial charge in [-0.1, -0.05) is 48.5 Å². The monoisotopic (exact) mass is 250 g/mol. The van der Waals surface area contributed by atoms with Gasteiger partial charge in [0.15, 0.2) is 5.82 Å². The lowest BCUT2D eigenvalue weighted by atomic mass is 9.83. The van der Waals surface area contributed by atoms with Gasteiger partial charge >= 0.3 is 7.12 Å². The van der Waals surface area contributed by atoms with E-state index in [2.05, 4.69) is 9.97 Å². The summed E-state index contributed by atoms with van der Waals surface area (Å²) < 4.78 is 0. The van der Waals surface area contributed by atoms with Gasteiger partial charge in [-0.2, -0.15) is 0 Å². The Labute approximate surface area is 110 Å². The van der Waals surface area contributed by atoms with E-state index in [9.17, 15) is 10.0 Å². The van der Waals surface area contributed by atoms with Crippen LogP contribution in [0, 0.1) is 0 Å². The third kappa shape index (κ3) is 2.21. The summed E-state index contributed by atoms with van der Waals surface area (Å²) in [6, 6.07) is 16.7. The first kappa shape index (κ1) is 11.8. The molecule has 19 heavy (non-hydrogen) atoms. The van der Waals surface area contributed by atoms with Gasteiger partial charge in [0.2, 0.25) is 0 Å². The zero-order valence-corrected chi connectivity index (χ0v) is 10.1. The maximum absolute atomic E-state index is 9.46. The lowest BCUT2D eigenvalue weighted by Gasteiger charge is -2.07. The van der Waals surface area contributed by atoms with Crippen molar-refractivity contribution in [3.05, 3.63) is 54.6 Å². The summed E-state index contributed by atoms with van der Waals surface area (Å²) in [7, 11) is -1.62. The van der Waals surface area contributed by atoms with Crippen molar-refractivity contribution >= 4 is 23.6 Å². The van der Waals surface area contributed by atoms with E-state index in [1.165, 1.54) is 0 Å². The molecule has 2 N–H and O–H groups in total. The van der Waals surface area contributed by atoms with Crippen molar-refractivity contribution < 1.29 is 10.0 Å². The number of hydrogen-bond acceptors (Lipinski definition) is 4. The molecule has 0 radical (unpaired) electrons. The minimum absolute atomic E-state index is 0.226. The van der Waals surface area contributed by atoms with Gasteiger partial charge in [-0.3, -0.25) is 0 Å². The van der Waals surface area contributed by atoms with Gasteiger partial charge in [-0.15, -0.1) is 0 Å². The quantitative estimate of drug-likeness (QED) is 0.665. The van der Waals surface area contributed by atoms with Gasteiger partial charge in [0.25, 0.3) is 0 Å². The number of fused-ring (bicyclic) bond motifs is 1. The van der Waals surface area contributed by atoms with E-state index in [-0.39, 0.29) is 5.59 Å². The highest BCUT2D eigenvalue weighted by Gasteiger charge is 2.19. The molecule has 0 fully saturated rings. The van der Waals surface area contributed by atoms with Crippen molar-refractivity contribution in [3.8, 4) is 11.4 Å². The fourth-order valence-corrected chi connectivity index (χ4v) is 2.01. The summed E-state index contributed by atoms with van der Waals surface area (Å²) in [6.45, 7) is 0. The SMILES string of the molecule is OB(O)c1nc(-c2ccccc2)nc2ccccc12. The zero-order chi connectivity index (χ0) is 13.2. The second kappa shape index (κ2) is 4.80. The molecule has 0 aliphatic heterocycles. The molecular formula is C14H11BN2O2. The minimum atomic E-state index is -1.62. The van der Waals surface area contributed by atoms with Crippen molar-refractivity contribution in [2.45, 2.75) is 0 Å². The Kier molecular flexibility index (Phi) is 2.99. The smallest absolute Gasteiger partial charge is 0.422 e. The average molecular weight is 250 g/mol. The van der Waals surface area contributed by atoms with Crippen molar-refractivity contribution in [3.63, 3.8) is 0 Å². The van der Waals surface area contributed by atoms with Crippen LogP contribution < -0.4 is 5.59 Å². The number of nitrogens with zero attached hydrogens (tertiary/aromatic N) is 2. The van der Waals surface area contributed by atoms with E-state index in [4.69, 9.17) is 0 Å². The van der Waals surface area contributed by atoms with E-state index in [0.29, 0.717) is 16.7 Å². The van der Waals surface area contributed by atoms with Crippen molar-refractivity contribution in [1.82, 2.24) is 9.97 Å². The summed E-state index contributed by atoms with van der Waals surface area (Å²) >= 11 is 0. The van der Waals surface area contributed by atoms with E-state index in [0.717, 1.165) is 5.56 Å². The van der Waals surface area contributed by atoms with Crippen molar-refractivity contribution in [2.75, 3.05) is 0 Å². The second-order valence-electron chi connectivity index (χ2n) is 4.19. The number of rotatable bonds is 2. The summed E-state index contributed by atoms with van der Waals surface area (Å²) in [5, 5.41) is 19.6. The maximum Gasteiger partial charge on any atom is 0.508 e. The normalized spacial score (nSPS) is 10.6. The molecule has 1 aromatic heterocycles. The molecule has 5 heteroatoms. The zero-order valence-electron chi connectivity index (χ0n) is 10.1. The molecule has 0 saturated heterocycles. The number of hydrogen-bond donors (Lipinski definition) is 2. The predicted octanol–water partition coefficient (Wildman–Crippen LogP) is 0.977. The molecule has 3 aromatic rings. The van der Waals surface area contributed by atoms with Crippen LogP contribution >= 0.6 is 0 Å². The molecule has 0 spiro atoms. The Bertz CT molecular complexity index is 717. The molecule has 4 nitrogen and oxygen atoms in total. The van der Waals surface area contributed by atoms with Gasteiger partial charge in [-0.05, 0) is 6.07 Å². The van der Waals surface area contributed by atoms with Crippen LogP contribution in [0.15, 0.2) is 54.6 Å². The molecule has 0 saturated carbocycles. The third-order valence-electron chi connectivity index (χ3n) is 2.91. The molecule has 3 rings (SSSR count). The highest BCUT2D eigenvalue weighted by Crippen LogP contribution is 2.16. The molecule has 1 heterocycles. The van der Waals surface area contributed by atoms with Gasteiger partial charge in [0.05, 0.1) is 11.1 Å². The van der Waals surface area contributed by atoms with Crippen LogP contribution in [-0.4, -0.2) is 27.1 Å². The Morgan fingerprint density at radius 1 is 0.789 bits per heavy atom.